The lowest BCUT2D eigenvalue weighted by Gasteiger charge is -2.49. The van der Waals surface area contributed by atoms with E-state index in [9.17, 15) is 18.8 Å². The third-order valence-corrected chi connectivity index (χ3v) is 8.49. The first-order chi connectivity index (χ1) is 15.6. The number of carbonyl (C=O) groups is 3. The zero-order valence-corrected chi connectivity index (χ0v) is 20.4. The molecule has 0 N–H and O–H groups in total. The zero-order valence-electron chi connectivity index (χ0n) is 16.5. The topological polar surface area (TPSA) is 57.7 Å². The number of anilines is 1. The fraction of sp³-hybridized carbons (Fsp3) is 0.136. The molecular weight excluding hydrogens is 533 g/mol. The summed E-state index contributed by atoms with van der Waals surface area (Å²) in [6.07, 6.45) is 0. The van der Waals surface area contributed by atoms with E-state index < -0.39 is 35.6 Å². The molecule has 2 aliphatic rings. The van der Waals surface area contributed by atoms with Gasteiger partial charge < -0.3 is 0 Å². The van der Waals surface area contributed by atoms with Gasteiger partial charge in [-0.3, -0.25) is 24.2 Å². The summed E-state index contributed by atoms with van der Waals surface area (Å²) in [4.78, 5) is 42.9. The number of fused-ring (bicyclic) bond motifs is 1. The van der Waals surface area contributed by atoms with Crippen molar-refractivity contribution in [1.29, 1.82) is 0 Å². The van der Waals surface area contributed by atoms with E-state index >= 15 is 0 Å². The van der Waals surface area contributed by atoms with Crippen LogP contribution >= 0.6 is 57.7 Å². The first-order valence-electron chi connectivity index (χ1n) is 9.51. The average molecular weight is 544 g/mol. The Morgan fingerprint density at radius 1 is 0.848 bits per heavy atom. The molecule has 5 nitrogen and oxygen atoms in total. The fourth-order valence-electron chi connectivity index (χ4n) is 4.11. The molecule has 0 radical (unpaired) electrons. The molecule has 3 heterocycles. The summed E-state index contributed by atoms with van der Waals surface area (Å²) in [7, 11) is 0. The average Bonchev–Trinajstić information content (AvgIpc) is 3.39. The number of hydrogen-bond donors (Lipinski definition) is 0. The first kappa shape index (κ1) is 22.6. The summed E-state index contributed by atoms with van der Waals surface area (Å²) in [6, 6.07) is 6.09. The van der Waals surface area contributed by atoms with Gasteiger partial charge in [0.15, 0.2) is 0 Å². The molecule has 0 spiro atoms. The molecule has 3 amide bonds. The number of benzene rings is 2. The molecule has 11 heteroatoms. The van der Waals surface area contributed by atoms with Gasteiger partial charge in [0.25, 0.3) is 17.7 Å². The minimum atomic E-state index is -1.18. The minimum Gasteiger partial charge on any atom is -0.299 e. The Morgan fingerprint density at radius 2 is 1.45 bits per heavy atom. The van der Waals surface area contributed by atoms with Crippen molar-refractivity contribution in [3.8, 4) is 0 Å². The van der Waals surface area contributed by atoms with Crippen LogP contribution in [0.4, 0.5) is 10.1 Å². The zero-order chi connectivity index (χ0) is 23.8. The third kappa shape index (κ3) is 3.14. The summed E-state index contributed by atoms with van der Waals surface area (Å²) in [5.74, 6) is -2.61. The number of β-lactam (4-membered cyclic amide) rings is 1. The Kier molecular flexibility index (Phi) is 5.46. The van der Waals surface area contributed by atoms with Crippen LogP contribution in [0.15, 0.2) is 35.7 Å². The van der Waals surface area contributed by atoms with Crippen molar-refractivity contribution < 1.29 is 18.8 Å². The quantitative estimate of drug-likeness (QED) is 0.163. The Labute approximate surface area is 211 Å². The highest BCUT2D eigenvalue weighted by Gasteiger charge is 2.58. The lowest BCUT2D eigenvalue weighted by Crippen LogP contribution is -2.67. The number of imide groups is 1. The molecule has 168 valence electrons. The fourth-order valence-corrected chi connectivity index (χ4v) is 5.97. The van der Waals surface area contributed by atoms with E-state index in [2.05, 4.69) is 0 Å². The molecule has 1 fully saturated rings. The number of halogens is 5. The molecule has 1 saturated heterocycles. The van der Waals surface area contributed by atoms with Gasteiger partial charge in [-0.05, 0) is 36.1 Å². The molecule has 0 saturated carbocycles. The van der Waals surface area contributed by atoms with Crippen molar-refractivity contribution in [3.63, 3.8) is 0 Å². The standard InChI is InChI=1S/C22H11Cl4FN2O3S/c1-8-4-5-9(7-10(8)27)28-18(11-3-2-6-33-11)19(22(28)32)29-20(30)12-13(21(29)31)15(24)17(26)16(25)14(12)23/h2-7,18-19H,1H3/t18-,19+/m1/s1. The number of rotatable bonds is 3. The summed E-state index contributed by atoms with van der Waals surface area (Å²) >= 11 is 26.0. The lowest BCUT2D eigenvalue weighted by molar-refractivity contribution is -0.130. The van der Waals surface area contributed by atoms with Crippen molar-refractivity contribution >= 4 is 81.1 Å². The smallest absolute Gasteiger partial charge is 0.264 e. The summed E-state index contributed by atoms with van der Waals surface area (Å²) in [5, 5.41) is 1.07. The largest absolute Gasteiger partial charge is 0.299 e. The van der Waals surface area contributed by atoms with Crippen molar-refractivity contribution in [2.45, 2.75) is 19.0 Å². The van der Waals surface area contributed by atoms with Gasteiger partial charge in [-0.2, -0.15) is 0 Å². The van der Waals surface area contributed by atoms with E-state index in [1.807, 2.05) is 0 Å². The van der Waals surface area contributed by atoms with E-state index in [1.165, 1.54) is 22.3 Å². The molecule has 2 aromatic carbocycles. The highest BCUT2D eigenvalue weighted by atomic mass is 35.5. The molecule has 2 atom stereocenters. The van der Waals surface area contributed by atoms with Crippen molar-refractivity contribution in [3.05, 3.63) is 83.2 Å². The maximum absolute atomic E-state index is 14.3. The highest BCUT2D eigenvalue weighted by molar-refractivity contribution is 7.10. The van der Waals surface area contributed by atoms with Crippen LogP contribution < -0.4 is 4.90 Å². The SMILES string of the molecule is Cc1ccc(N2C(=O)[C@@H](N3C(=O)c4c(Cl)c(Cl)c(Cl)c(Cl)c4C3=O)[C@H]2c2cccs2)cc1F. The second-order valence-electron chi connectivity index (χ2n) is 7.53. The number of aryl methyl sites for hydroxylation is 1. The number of thiophene rings is 1. The van der Waals surface area contributed by atoms with Gasteiger partial charge in [0.1, 0.15) is 17.9 Å². The number of hydrogen-bond acceptors (Lipinski definition) is 4. The maximum atomic E-state index is 14.3. The summed E-state index contributed by atoms with van der Waals surface area (Å²) in [5.41, 5.74) is 0.350. The van der Waals surface area contributed by atoms with E-state index in [4.69, 9.17) is 46.4 Å². The van der Waals surface area contributed by atoms with Gasteiger partial charge in [-0.1, -0.05) is 58.5 Å². The van der Waals surface area contributed by atoms with Gasteiger partial charge in [0.05, 0.1) is 31.2 Å². The van der Waals surface area contributed by atoms with Crippen molar-refractivity contribution in [2.24, 2.45) is 0 Å². The minimum absolute atomic E-state index is 0.156. The molecule has 3 aromatic rings. The molecule has 0 unspecified atom stereocenters. The second-order valence-corrected chi connectivity index (χ2v) is 10.0. The van der Waals surface area contributed by atoms with E-state index in [1.54, 1.807) is 36.6 Å². The predicted molar refractivity (Wildman–Crippen MR) is 126 cm³/mol. The van der Waals surface area contributed by atoms with Gasteiger partial charge in [0.2, 0.25) is 0 Å². The van der Waals surface area contributed by atoms with Crippen LogP contribution in [0.3, 0.4) is 0 Å². The van der Waals surface area contributed by atoms with Gasteiger partial charge in [-0.15, -0.1) is 11.3 Å². The number of amides is 3. The molecular formula is C22H11Cl4FN2O3S. The molecule has 1 aromatic heterocycles. The van der Waals surface area contributed by atoms with Crippen LogP contribution in [0.2, 0.25) is 20.1 Å². The van der Waals surface area contributed by atoms with Crippen molar-refractivity contribution in [1.82, 2.24) is 4.90 Å². The van der Waals surface area contributed by atoms with Crippen LogP contribution in [0.5, 0.6) is 0 Å². The molecule has 5 rings (SSSR count). The molecule has 33 heavy (non-hydrogen) atoms. The monoisotopic (exact) mass is 542 g/mol. The van der Waals surface area contributed by atoms with Crippen molar-refractivity contribution in [2.75, 3.05) is 4.90 Å². The normalized spacial score (nSPS) is 19.9. The number of nitrogens with zero attached hydrogens (tertiary/aromatic N) is 2. The Morgan fingerprint density at radius 3 is 1.97 bits per heavy atom. The van der Waals surface area contributed by atoms with Crippen LogP contribution in [-0.2, 0) is 4.79 Å². The lowest BCUT2D eigenvalue weighted by atomic mass is 9.90. The second kappa shape index (κ2) is 7.96. The molecule has 0 bridgehead atoms. The van der Waals surface area contributed by atoms with Gasteiger partial charge in [-0.25, -0.2) is 4.39 Å². The predicted octanol–water partition coefficient (Wildman–Crippen LogP) is 6.56. The molecule has 2 aliphatic heterocycles. The van der Waals surface area contributed by atoms with Gasteiger partial charge in [0, 0.05) is 10.6 Å². The van der Waals surface area contributed by atoms with E-state index in [0.717, 1.165) is 4.90 Å². The van der Waals surface area contributed by atoms with Crippen LogP contribution in [-0.4, -0.2) is 28.7 Å². The Bertz CT molecular complexity index is 1330. The van der Waals surface area contributed by atoms with Crippen LogP contribution in [0.25, 0.3) is 0 Å². The van der Waals surface area contributed by atoms with Crippen LogP contribution in [0, 0.1) is 12.7 Å². The third-order valence-electron chi connectivity index (χ3n) is 5.75. The Hall–Kier alpha value is -2.16. The summed E-state index contributed by atoms with van der Waals surface area (Å²) < 4.78 is 14.3. The van der Waals surface area contributed by atoms with E-state index in [0.29, 0.717) is 16.1 Å². The van der Waals surface area contributed by atoms with Gasteiger partial charge >= 0.3 is 0 Å². The number of carbonyl (C=O) groups excluding carboxylic acids is 3. The summed E-state index contributed by atoms with van der Waals surface area (Å²) in [6.45, 7) is 1.61. The Balaban J connectivity index is 1.62. The maximum Gasteiger partial charge on any atom is 0.264 e. The highest BCUT2D eigenvalue weighted by Crippen LogP contribution is 2.49. The first-order valence-corrected chi connectivity index (χ1v) is 11.9. The van der Waals surface area contributed by atoms with E-state index in [-0.39, 0.29) is 31.2 Å². The van der Waals surface area contributed by atoms with Crippen LogP contribution in [0.1, 0.15) is 37.2 Å². The molecule has 0 aliphatic carbocycles.